The molecule has 0 saturated heterocycles. The summed E-state index contributed by atoms with van der Waals surface area (Å²) in [4.78, 5) is 9.08. The molecule has 0 fully saturated rings. The fourth-order valence-corrected chi connectivity index (χ4v) is 2.92. The predicted octanol–water partition coefficient (Wildman–Crippen LogP) is 2.93. The number of aromatic nitrogens is 4. The molecule has 3 heterocycles. The van der Waals surface area contributed by atoms with Crippen LogP contribution in [0.4, 0.5) is 0 Å². The van der Waals surface area contributed by atoms with Crippen LogP contribution in [-0.4, -0.2) is 19.6 Å². The highest BCUT2D eigenvalue weighted by atomic mass is 32.1. The van der Waals surface area contributed by atoms with Gasteiger partial charge in [0.15, 0.2) is 11.6 Å². The average Bonchev–Trinajstić information content (AvgIpc) is 3.07. The number of furan rings is 1. The van der Waals surface area contributed by atoms with Crippen molar-refractivity contribution in [1.82, 2.24) is 19.6 Å². The van der Waals surface area contributed by atoms with Crippen LogP contribution in [0.25, 0.3) is 17.4 Å². The molecule has 0 saturated carbocycles. The molecule has 1 aliphatic rings. The van der Waals surface area contributed by atoms with Crippen LogP contribution in [0.3, 0.4) is 0 Å². The molecular weight excluding hydrogens is 260 g/mol. The van der Waals surface area contributed by atoms with Gasteiger partial charge in [0, 0.05) is 5.56 Å². The molecule has 0 aliphatic heterocycles. The molecule has 0 atom stereocenters. The Balaban J connectivity index is 1.99. The average molecular weight is 272 g/mol. The van der Waals surface area contributed by atoms with Gasteiger partial charge in [-0.2, -0.15) is 4.98 Å². The van der Waals surface area contributed by atoms with E-state index in [2.05, 4.69) is 15.1 Å². The van der Waals surface area contributed by atoms with Gasteiger partial charge in [-0.25, -0.2) is 9.50 Å². The Kier molecular flexibility index (Phi) is 2.32. The first-order valence-corrected chi connectivity index (χ1v) is 6.78. The highest BCUT2D eigenvalue weighted by Crippen LogP contribution is 2.23. The first kappa shape index (κ1) is 10.9. The summed E-state index contributed by atoms with van der Waals surface area (Å²) in [5.41, 5.74) is 2.29. The van der Waals surface area contributed by atoms with E-state index in [9.17, 15) is 0 Å². The molecule has 6 heteroatoms. The monoisotopic (exact) mass is 272 g/mol. The maximum atomic E-state index is 5.54. The van der Waals surface area contributed by atoms with Crippen molar-refractivity contribution in [2.75, 3.05) is 0 Å². The second-order valence-electron chi connectivity index (χ2n) is 4.73. The molecule has 0 aromatic carbocycles. The zero-order valence-electron chi connectivity index (χ0n) is 10.2. The standard InChI is InChI=1S/C13H12N4OS/c19-12-8-4-1-2-5-9(8)14-13-15-11(16-17(12)13)10-6-3-7-18-10/h3,6-7H,1-2,4-5H2,(H,14,15,16). The second kappa shape index (κ2) is 4.03. The Morgan fingerprint density at radius 2 is 2.16 bits per heavy atom. The maximum absolute atomic E-state index is 5.54. The van der Waals surface area contributed by atoms with Crippen LogP contribution in [0, 0.1) is 4.64 Å². The molecule has 0 spiro atoms. The topological polar surface area (TPSA) is 59.1 Å². The van der Waals surface area contributed by atoms with Gasteiger partial charge in [0.25, 0.3) is 5.78 Å². The fourth-order valence-electron chi connectivity index (χ4n) is 2.57. The van der Waals surface area contributed by atoms with Gasteiger partial charge < -0.3 is 4.42 Å². The van der Waals surface area contributed by atoms with E-state index >= 15 is 0 Å². The minimum atomic E-state index is 0.622. The molecule has 0 unspecified atom stereocenters. The summed E-state index contributed by atoms with van der Waals surface area (Å²) in [5.74, 6) is 1.97. The maximum Gasteiger partial charge on any atom is 0.252 e. The lowest BCUT2D eigenvalue weighted by atomic mass is 9.98. The van der Waals surface area contributed by atoms with Crippen molar-refractivity contribution < 1.29 is 4.42 Å². The lowest BCUT2D eigenvalue weighted by Crippen LogP contribution is -2.09. The number of H-pyrrole nitrogens is 1. The zero-order chi connectivity index (χ0) is 12.8. The Hall–Kier alpha value is -1.95. The number of rotatable bonds is 1. The minimum absolute atomic E-state index is 0.622. The van der Waals surface area contributed by atoms with E-state index in [-0.39, 0.29) is 0 Å². The second-order valence-corrected chi connectivity index (χ2v) is 5.12. The van der Waals surface area contributed by atoms with Gasteiger partial charge in [-0.15, -0.1) is 0 Å². The number of nitrogens with one attached hydrogen (secondary N) is 1. The Labute approximate surface area is 114 Å². The Bertz CT molecular complexity index is 800. The highest BCUT2D eigenvalue weighted by Gasteiger charge is 2.17. The van der Waals surface area contributed by atoms with Crippen molar-refractivity contribution in [3.05, 3.63) is 34.3 Å². The summed E-state index contributed by atoms with van der Waals surface area (Å²) >= 11 is 5.54. The van der Waals surface area contributed by atoms with E-state index in [4.69, 9.17) is 16.6 Å². The molecule has 3 aromatic heterocycles. The minimum Gasteiger partial charge on any atom is -0.461 e. The van der Waals surface area contributed by atoms with Gasteiger partial charge in [0.05, 0.1) is 12.0 Å². The van der Waals surface area contributed by atoms with E-state index in [1.54, 1.807) is 10.8 Å². The van der Waals surface area contributed by atoms with Crippen LogP contribution < -0.4 is 0 Å². The molecule has 96 valence electrons. The summed E-state index contributed by atoms with van der Waals surface area (Å²) in [6.07, 6.45) is 6.00. The third-order valence-electron chi connectivity index (χ3n) is 3.52. The quantitative estimate of drug-likeness (QED) is 0.692. The Morgan fingerprint density at radius 1 is 1.26 bits per heavy atom. The third kappa shape index (κ3) is 1.63. The van der Waals surface area contributed by atoms with Crippen molar-refractivity contribution in [2.45, 2.75) is 25.7 Å². The van der Waals surface area contributed by atoms with E-state index in [0.29, 0.717) is 17.4 Å². The molecule has 1 aliphatic carbocycles. The molecule has 0 bridgehead atoms. The van der Waals surface area contributed by atoms with E-state index in [1.165, 1.54) is 18.4 Å². The van der Waals surface area contributed by atoms with Gasteiger partial charge >= 0.3 is 0 Å². The van der Waals surface area contributed by atoms with Gasteiger partial charge in [0.1, 0.15) is 4.64 Å². The molecule has 4 rings (SSSR count). The van der Waals surface area contributed by atoms with Crippen molar-refractivity contribution in [3.8, 4) is 11.6 Å². The van der Waals surface area contributed by atoms with E-state index in [0.717, 1.165) is 23.2 Å². The summed E-state index contributed by atoms with van der Waals surface area (Å²) in [6.45, 7) is 0. The third-order valence-corrected chi connectivity index (χ3v) is 3.95. The number of nitrogens with zero attached hydrogens (tertiary/aromatic N) is 3. The molecule has 3 aromatic rings. The molecule has 5 nitrogen and oxygen atoms in total. The van der Waals surface area contributed by atoms with Crippen molar-refractivity contribution in [2.24, 2.45) is 0 Å². The largest absolute Gasteiger partial charge is 0.461 e. The number of aryl methyl sites for hydroxylation is 1. The van der Waals surface area contributed by atoms with Crippen molar-refractivity contribution in [3.63, 3.8) is 0 Å². The SMILES string of the molecule is S=c1c2c(nc3nc(-c4ccco4)[nH]n13)CCCC2. The first-order chi connectivity index (χ1) is 9.33. The van der Waals surface area contributed by atoms with Crippen LogP contribution >= 0.6 is 12.2 Å². The van der Waals surface area contributed by atoms with Crippen LogP contribution in [0.2, 0.25) is 0 Å². The Morgan fingerprint density at radius 3 is 3.00 bits per heavy atom. The number of aromatic amines is 1. The summed E-state index contributed by atoms with van der Waals surface area (Å²) in [7, 11) is 0. The highest BCUT2D eigenvalue weighted by molar-refractivity contribution is 7.71. The molecular formula is C13H12N4OS. The van der Waals surface area contributed by atoms with Crippen LogP contribution in [0.15, 0.2) is 22.8 Å². The van der Waals surface area contributed by atoms with Gasteiger partial charge in [-0.1, -0.05) is 12.2 Å². The summed E-state index contributed by atoms with van der Waals surface area (Å²) < 4.78 is 7.92. The van der Waals surface area contributed by atoms with Gasteiger partial charge in [-0.3, -0.25) is 5.10 Å². The number of hydrogen-bond donors (Lipinski definition) is 1. The lowest BCUT2D eigenvalue weighted by molar-refractivity contribution is 0.577. The zero-order valence-corrected chi connectivity index (χ0v) is 11.0. The lowest BCUT2D eigenvalue weighted by Gasteiger charge is -2.14. The van der Waals surface area contributed by atoms with Crippen LogP contribution in [-0.2, 0) is 12.8 Å². The normalized spacial score (nSPS) is 14.7. The summed E-state index contributed by atoms with van der Waals surface area (Å²) in [6, 6.07) is 3.70. The molecule has 19 heavy (non-hydrogen) atoms. The molecule has 0 radical (unpaired) electrons. The number of hydrogen-bond acceptors (Lipinski definition) is 4. The summed E-state index contributed by atoms with van der Waals surface area (Å²) in [5, 5.41) is 3.16. The van der Waals surface area contributed by atoms with Gasteiger partial charge in [0.2, 0.25) is 0 Å². The molecule has 1 N–H and O–H groups in total. The van der Waals surface area contributed by atoms with E-state index < -0.39 is 0 Å². The smallest absolute Gasteiger partial charge is 0.252 e. The predicted molar refractivity (Wildman–Crippen MR) is 72.5 cm³/mol. The van der Waals surface area contributed by atoms with Gasteiger partial charge in [-0.05, 0) is 37.8 Å². The fraction of sp³-hybridized carbons (Fsp3) is 0.308. The van der Waals surface area contributed by atoms with Crippen LogP contribution in [0.1, 0.15) is 24.1 Å². The first-order valence-electron chi connectivity index (χ1n) is 6.37. The van der Waals surface area contributed by atoms with Crippen LogP contribution in [0.5, 0.6) is 0 Å². The number of fused-ring (bicyclic) bond motifs is 2. The van der Waals surface area contributed by atoms with Crippen molar-refractivity contribution in [1.29, 1.82) is 0 Å². The molecule has 0 amide bonds. The van der Waals surface area contributed by atoms with E-state index in [1.807, 2.05) is 12.1 Å². The van der Waals surface area contributed by atoms with Crippen molar-refractivity contribution >= 4 is 18.0 Å².